The van der Waals surface area contributed by atoms with Gasteiger partial charge in [0.1, 0.15) is 5.75 Å². The van der Waals surface area contributed by atoms with Crippen LogP contribution in [0, 0.1) is 13.8 Å². The Balaban J connectivity index is 1.57. The van der Waals surface area contributed by atoms with Crippen LogP contribution in [0.3, 0.4) is 0 Å². The highest BCUT2D eigenvalue weighted by Crippen LogP contribution is 2.15. The Kier molecular flexibility index (Phi) is 7.13. The number of aryl methyl sites for hydroxylation is 2. The maximum absolute atomic E-state index is 12.1. The zero-order valence-corrected chi connectivity index (χ0v) is 18.0. The van der Waals surface area contributed by atoms with E-state index in [0.717, 1.165) is 11.1 Å². The van der Waals surface area contributed by atoms with E-state index < -0.39 is 17.8 Å². The monoisotopic (exact) mass is 429 g/mol. The molecule has 0 aromatic heterocycles. The summed E-state index contributed by atoms with van der Waals surface area (Å²) in [6.45, 7) is 5.50. The van der Waals surface area contributed by atoms with E-state index in [1.54, 1.807) is 67.6 Å². The number of nitrogens with zero attached hydrogens (tertiary/aromatic N) is 1. The Morgan fingerprint density at radius 3 is 2.03 bits per heavy atom. The van der Waals surface area contributed by atoms with Crippen molar-refractivity contribution < 1.29 is 19.1 Å². The normalized spacial score (nSPS) is 10.9. The third-order valence-electron chi connectivity index (χ3n) is 4.50. The van der Waals surface area contributed by atoms with Crippen molar-refractivity contribution in [2.24, 2.45) is 5.10 Å². The number of anilines is 1. The first kappa shape index (κ1) is 22.4. The van der Waals surface area contributed by atoms with Crippen molar-refractivity contribution in [2.75, 3.05) is 5.32 Å². The lowest BCUT2D eigenvalue weighted by Gasteiger charge is -2.08. The third-order valence-corrected chi connectivity index (χ3v) is 4.50. The van der Waals surface area contributed by atoms with E-state index in [9.17, 15) is 14.4 Å². The van der Waals surface area contributed by atoms with Gasteiger partial charge >= 0.3 is 17.8 Å². The van der Waals surface area contributed by atoms with Gasteiger partial charge in [0, 0.05) is 5.69 Å². The van der Waals surface area contributed by atoms with Gasteiger partial charge < -0.3 is 10.1 Å². The molecule has 3 aromatic carbocycles. The van der Waals surface area contributed by atoms with E-state index in [2.05, 4.69) is 15.8 Å². The molecule has 162 valence electrons. The molecule has 0 aliphatic heterocycles. The van der Waals surface area contributed by atoms with Gasteiger partial charge in [0.25, 0.3) is 0 Å². The van der Waals surface area contributed by atoms with Gasteiger partial charge in [-0.25, -0.2) is 10.2 Å². The summed E-state index contributed by atoms with van der Waals surface area (Å²) >= 11 is 0. The summed E-state index contributed by atoms with van der Waals surface area (Å²) in [6.07, 6.45) is 0. The maximum atomic E-state index is 12.1. The average Bonchev–Trinajstić information content (AvgIpc) is 2.77. The first-order valence-electron chi connectivity index (χ1n) is 9.93. The van der Waals surface area contributed by atoms with Crippen molar-refractivity contribution in [1.29, 1.82) is 0 Å². The highest BCUT2D eigenvalue weighted by atomic mass is 16.5. The van der Waals surface area contributed by atoms with Gasteiger partial charge in [0.2, 0.25) is 0 Å². The van der Waals surface area contributed by atoms with Gasteiger partial charge in [-0.3, -0.25) is 9.59 Å². The molecule has 0 bridgehead atoms. The lowest BCUT2D eigenvalue weighted by Crippen LogP contribution is -2.33. The van der Waals surface area contributed by atoms with Crippen LogP contribution >= 0.6 is 0 Å². The van der Waals surface area contributed by atoms with E-state index in [1.165, 1.54) is 0 Å². The van der Waals surface area contributed by atoms with Gasteiger partial charge in [0.05, 0.1) is 11.3 Å². The molecule has 0 saturated carbocycles. The van der Waals surface area contributed by atoms with Gasteiger partial charge in [-0.2, -0.15) is 5.10 Å². The molecule has 0 radical (unpaired) electrons. The van der Waals surface area contributed by atoms with Crippen molar-refractivity contribution >= 4 is 29.2 Å². The molecule has 3 aromatic rings. The van der Waals surface area contributed by atoms with Crippen LogP contribution in [0.1, 0.15) is 34.0 Å². The summed E-state index contributed by atoms with van der Waals surface area (Å²) < 4.78 is 5.34. The highest BCUT2D eigenvalue weighted by Gasteiger charge is 2.14. The Morgan fingerprint density at radius 2 is 1.41 bits per heavy atom. The topological polar surface area (TPSA) is 96.9 Å². The molecule has 0 aliphatic rings. The maximum Gasteiger partial charge on any atom is 0.343 e. The van der Waals surface area contributed by atoms with E-state index in [4.69, 9.17) is 4.74 Å². The Labute approximate surface area is 186 Å². The zero-order valence-electron chi connectivity index (χ0n) is 18.0. The SMILES string of the molecule is C/C(=N\NC(=O)C(=O)Nc1cc(C)cc(C)c1)c1ccc(OC(=O)c2ccccc2)cc1. The molecule has 2 amide bonds. The summed E-state index contributed by atoms with van der Waals surface area (Å²) in [6, 6.07) is 20.9. The molecule has 7 nitrogen and oxygen atoms in total. The number of rotatable bonds is 5. The number of nitrogens with one attached hydrogen (secondary N) is 2. The van der Waals surface area contributed by atoms with Crippen LogP contribution in [0.15, 0.2) is 77.9 Å². The summed E-state index contributed by atoms with van der Waals surface area (Å²) in [4.78, 5) is 36.3. The third kappa shape index (κ3) is 6.12. The van der Waals surface area contributed by atoms with Crippen molar-refractivity contribution in [3.8, 4) is 5.75 Å². The predicted molar refractivity (Wildman–Crippen MR) is 123 cm³/mol. The molecule has 7 heteroatoms. The smallest absolute Gasteiger partial charge is 0.343 e. The van der Waals surface area contributed by atoms with Crippen molar-refractivity contribution in [3.05, 3.63) is 95.1 Å². The largest absolute Gasteiger partial charge is 0.423 e. The van der Waals surface area contributed by atoms with Crippen LogP contribution in [-0.2, 0) is 9.59 Å². The molecule has 3 rings (SSSR count). The molecule has 0 unspecified atom stereocenters. The van der Waals surface area contributed by atoms with Crippen LogP contribution in [0.2, 0.25) is 0 Å². The number of ether oxygens (including phenoxy) is 1. The summed E-state index contributed by atoms with van der Waals surface area (Å²) in [7, 11) is 0. The molecular formula is C25H23N3O4. The molecule has 0 saturated heterocycles. The Morgan fingerprint density at radius 1 is 0.781 bits per heavy atom. The van der Waals surface area contributed by atoms with Gasteiger partial charge in [0.15, 0.2) is 0 Å². The fraction of sp³-hybridized carbons (Fsp3) is 0.120. The van der Waals surface area contributed by atoms with Crippen molar-refractivity contribution in [3.63, 3.8) is 0 Å². The summed E-state index contributed by atoms with van der Waals surface area (Å²) in [5.74, 6) is -1.76. The minimum absolute atomic E-state index is 0.382. The zero-order chi connectivity index (χ0) is 23.1. The van der Waals surface area contributed by atoms with Gasteiger partial charge in [-0.1, -0.05) is 24.3 Å². The summed E-state index contributed by atoms with van der Waals surface area (Å²) in [5.41, 5.74) is 6.39. The van der Waals surface area contributed by atoms with Crippen molar-refractivity contribution in [2.45, 2.75) is 20.8 Å². The number of carbonyl (C=O) groups excluding carboxylic acids is 3. The van der Waals surface area contributed by atoms with E-state index in [1.807, 2.05) is 26.0 Å². The minimum atomic E-state index is -0.878. The second-order valence-electron chi connectivity index (χ2n) is 7.25. The molecule has 0 fully saturated rings. The number of amides is 2. The first-order valence-corrected chi connectivity index (χ1v) is 9.93. The van der Waals surface area contributed by atoms with Crippen LogP contribution in [0.4, 0.5) is 5.69 Å². The molecular weight excluding hydrogens is 406 g/mol. The predicted octanol–water partition coefficient (Wildman–Crippen LogP) is 4.00. The second kappa shape index (κ2) is 10.2. The second-order valence-corrected chi connectivity index (χ2v) is 7.25. The quantitative estimate of drug-likeness (QED) is 0.211. The Bertz CT molecular complexity index is 1150. The lowest BCUT2D eigenvalue weighted by atomic mass is 10.1. The first-order chi connectivity index (χ1) is 15.3. The number of hydrogen-bond acceptors (Lipinski definition) is 5. The van der Waals surface area contributed by atoms with E-state index in [0.29, 0.717) is 28.3 Å². The van der Waals surface area contributed by atoms with Crippen LogP contribution in [0.5, 0.6) is 5.75 Å². The number of benzene rings is 3. The van der Waals surface area contributed by atoms with Crippen LogP contribution in [0.25, 0.3) is 0 Å². The Hall–Kier alpha value is -4.26. The minimum Gasteiger partial charge on any atom is -0.423 e. The molecule has 0 spiro atoms. The van der Waals surface area contributed by atoms with E-state index >= 15 is 0 Å². The fourth-order valence-electron chi connectivity index (χ4n) is 2.99. The number of hydrazone groups is 1. The van der Waals surface area contributed by atoms with E-state index in [-0.39, 0.29) is 0 Å². The molecule has 32 heavy (non-hydrogen) atoms. The standard InChI is InChI=1S/C25H23N3O4/c1-16-13-17(2)15-21(14-16)26-23(29)24(30)28-27-18(3)19-9-11-22(12-10-19)32-25(31)20-7-5-4-6-8-20/h4-15H,1-3H3,(H,26,29)(H,28,30)/b27-18+. The molecule has 0 heterocycles. The fourth-order valence-corrected chi connectivity index (χ4v) is 2.99. The van der Waals surface area contributed by atoms with Crippen LogP contribution in [-0.4, -0.2) is 23.5 Å². The lowest BCUT2D eigenvalue weighted by molar-refractivity contribution is -0.136. The molecule has 2 N–H and O–H groups in total. The van der Waals surface area contributed by atoms with Crippen LogP contribution < -0.4 is 15.5 Å². The average molecular weight is 429 g/mol. The summed E-state index contributed by atoms with van der Waals surface area (Å²) in [5, 5.41) is 6.54. The number of esters is 1. The van der Waals surface area contributed by atoms with Gasteiger partial charge in [-0.05, 0) is 86.0 Å². The molecule has 0 aliphatic carbocycles. The number of hydrogen-bond donors (Lipinski definition) is 2. The molecule has 0 atom stereocenters. The number of carbonyl (C=O) groups is 3. The van der Waals surface area contributed by atoms with Crippen molar-refractivity contribution in [1.82, 2.24) is 5.43 Å². The highest BCUT2D eigenvalue weighted by molar-refractivity contribution is 6.39. The van der Waals surface area contributed by atoms with Gasteiger partial charge in [-0.15, -0.1) is 0 Å².